The second kappa shape index (κ2) is 6.93. The van der Waals surface area contributed by atoms with E-state index in [-0.39, 0.29) is 17.4 Å². The predicted octanol–water partition coefficient (Wildman–Crippen LogP) is 1.63. The summed E-state index contributed by atoms with van der Waals surface area (Å²) in [5.41, 5.74) is -0.882. The molecular weight excluding hydrogens is 403 g/mol. The number of fused-ring (bicyclic) bond motifs is 3. The Labute approximate surface area is 170 Å². The van der Waals surface area contributed by atoms with Crippen LogP contribution in [-0.4, -0.2) is 44.6 Å². The van der Waals surface area contributed by atoms with Crippen LogP contribution in [0.1, 0.15) is 54.4 Å². The molecule has 0 bridgehead atoms. The van der Waals surface area contributed by atoms with Gasteiger partial charge in [0.2, 0.25) is 12.0 Å². The van der Waals surface area contributed by atoms with Crippen molar-refractivity contribution in [2.45, 2.75) is 51.2 Å². The van der Waals surface area contributed by atoms with Crippen molar-refractivity contribution >= 4 is 5.91 Å². The van der Waals surface area contributed by atoms with E-state index in [9.17, 15) is 28.3 Å². The molecule has 0 radical (unpaired) electrons. The lowest BCUT2D eigenvalue weighted by atomic mass is 9.83. The molecule has 2 aromatic rings. The minimum absolute atomic E-state index is 0.00914. The first-order valence-corrected chi connectivity index (χ1v) is 9.70. The fourth-order valence-electron chi connectivity index (χ4n) is 4.03. The quantitative estimate of drug-likeness (QED) is 0.559. The topological polar surface area (TPSA) is 107 Å². The highest BCUT2D eigenvalue weighted by Gasteiger charge is 2.53. The van der Waals surface area contributed by atoms with Gasteiger partial charge < -0.3 is 15.6 Å². The fourth-order valence-corrected chi connectivity index (χ4v) is 4.03. The summed E-state index contributed by atoms with van der Waals surface area (Å²) in [6.07, 6.45) is 1.51. The van der Waals surface area contributed by atoms with Gasteiger partial charge in [-0.15, -0.1) is 0 Å². The van der Waals surface area contributed by atoms with Crippen LogP contribution < -0.4 is 10.0 Å². The third-order valence-electron chi connectivity index (χ3n) is 6.25. The van der Waals surface area contributed by atoms with Gasteiger partial charge in [-0.3, -0.25) is 4.79 Å². The molecule has 1 amide bonds. The summed E-state index contributed by atoms with van der Waals surface area (Å²) in [5, 5.41) is 27.9. The number of rotatable bonds is 5. The lowest BCUT2D eigenvalue weighted by Crippen LogP contribution is -2.54. The number of hydrogen-bond donors (Lipinski definition) is 2. The van der Waals surface area contributed by atoms with Crippen LogP contribution in [-0.2, 0) is 6.42 Å². The van der Waals surface area contributed by atoms with Crippen molar-refractivity contribution in [1.82, 2.24) is 20.1 Å². The molecule has 11 heteroatoms. The third-order valence-corrected chi connectivity index (χ3v) is 6.25. The zero-order valence-corrected chi connectivity index (χ0v) is 16.5. The molecule has 3 atom stereocenters. The molecule has 2 aliphatic carbocycles. The number of halogens is 3. The van der Waals surface area contributed by atoms with Crippen LogP contribution in [0.15, 0.2) is 18.6 Å². The van der Waals surface area contributed by atoms with Crippen molar-refractivity contribution in [3.63, 3.8) is 0 Å². The second-order valence-electron chi connectivity index (χ2n) is 8.47. The van der Waals surface area contributed by atoms with E-state index < -0.39 is 30.1 Å². The van der Waals surface area contributed by atoms with Crippen molar-refractivity contribution in [3.8, 4) is 5.82 Å². The molecule has 0 unspecified atom stereocenters. The third kappa shape index (κ3) is 3.30. The SMILES string of the molecule is CC(C)([C@H](CO)NC(=O)c1nn(-c2c[n+]([O-])ccn2)c2c1CC[C@@H]1C[C@H]21)C(F)(F)F. The van der Waals surface area contributed by atoms with Crippen molar-refractivity contribution < 1.29 is 27.8 Å². The van der Waals surface area contributed by atoms with E-state index in [1.807, 2.05) is 0 Å². The number of carbonyl (C=O) groups is 1. The molecule has 2 heterocycles. The summed E-state index contributed by atoms with van der Waals surface area (Å²) >= 11 is 0. The highest BCUT2D eigenvalue weighted by atomic mass is 19.4. The number of nitrogens with zero attached hydrogens (tertiary/aromatic N) is 4. The second-order valence-corrected chi connectivity index (χ2v) is 8.47. The fraction of sp³-hybridized carbons (Fsp3) is 0.579. The Morgan fingerprint density at radius 1 is 1.47 bits per heavy atom. The normalized spacial score (nSPS) is 21.5. The maximum Gasteiger partial charge on any atom is 0.396 e. The van der Waals surface area contributed by atoms with Crippen LogP contribution in [0.25, 0.3) is 5.82 Å². The Hall–Kier alpha value is -2.69. The summed E-state index contributed by atoms with van der Waals surface area (Å²) < 4.78 is 42.2. The van der Waals surface area contributed by atoms with Gasteiger partial charge in [0.05, 0.1) is 30.0 Å². The first kappa shape index (κ1) is 20.6. The summed E-state index contributed by atoms with van der Waals surface area (Å²) in [5.74, 6) is 0.113. The first-order chi connectivity index (χ1) is 14.0. The van der Waals surface area contributed by atoms with Gasteiger partial charge in [-0.25, -0.2) is 9.67 Å². The number of amides is 1. The number of carbonyl (C=O) groups excluding carboxylic acids is 1. The highest BCUT2D eigenvalue weighted by molar-refractivity contribution is 5.94. The van der Waals surface area contributed by atoms with Crippen molar-refractivity contribution in [2.75, 3.05) is 6.61 Å². The van der Waals surface area contributed by atoms with Crippen LogP contribution in [0.2, 0.25) is 0 Å². The number of aliphatic hydroxyl groups is 1. The molecule has 2 aliphatic rings. The van der Waals surface area contributed by atoms with Gasteiger partial charge in [0.25, 0.3) is 5.91 Å². The standard InChI is InChI=1S/C19H22F3N5O3/c1-18(2,19(20,21)22)13(9-28)24-17(29)15-11-4-3-10-7-12(10)16(11)27(25-15)14-8-26(30)6-5-23-14/h5-6,8,10,12-13,28H,3-4,7,9H2,1-2H3,(H,24,29)/t10-,12+,13+/m1/s1. The average molecular weight is 425 g/mol. The molecule has 2 N–H and O–H groups in total. The molecule has 8 nitrogen and oxygen atoms in total. The van der Waals surface area contributed by atoms with Gasteiger partial charge in [-0.2, -0.15) is 23.0 Å². The summed E-state index contributed by atoms with van der Waals surface area (Å²) in [4.78, 5) is 17.1. The average Bonchev–Trinajstić information content (AvgIpc) is 3.36. The minimum atomic E-state index is -4.62. The van der Waals surface area contributed by atoms with Crippen molar-refractivity contribution in [3.05, 3.63) is 40.7 Å². The Bertz CT molecular complexity index is 988. The molecule has 0 aromatic carbocycles. The van der Waals surface area contributed by atoms with Gasteiger partial charge in [0.1, 0.15) is 0 Å². The number of nitrogens with one attached hydrogen (secondary N) is 1. The van der Waals surface area contributed by atoms with Crippen molar-refractivity contribution in [2.24, 2.45) is 11.3 Å². The molecule has 30 heavy (non-hydrogen) atoms. The van der Waals surface area contributed by atoms with E-state index in [1.165, 1.54) is 23.3 Å². The van der Waals surface area contributed by atoms with Gasteiger partial charge in [-0.05, 0) is 39.0 Å². The van der Waals surface area contributed by atoms with Gasteiger partial charge in [0.15, 0.2) is 11.9 Å². The summed E-state index contributed by atoms with van der Waals surface area (Å²) in [6.45, 7) is 0.984. The van der Waals surface area contributed by atoms with Gasteiger partial charge in [-0.1, -0.05) is 0 Å². The van der Waals surface area contributed by atoms with E-state index in [2.05, 4.69) is 15.4 Å². The summed E-state index contributed by atoms with van der Waals surface area (Å²) in [7, 11) is 0. The number of hydrogen-bond acceptors (Lipinski definition) is 5. The van der Waals surface area contributed by atoms with Crippen LogP contribution in [0.5, 0.6) is 0 Å². The molecule has 1 fully saturated rings. The number of aromatic nitrogens is 4. The minimum Gasteiger partial charge on any atom is -0.619 e. The van der Waals surface area contributed by atoms with E-state index in [0.29, 0.717) is 22.6 Å². The zero-order chi connectivity index (χ0) is 21.8. The Kier molecular flexibility index (Phi) is 4.75. The van der Waals surface area contributed by atoms with Crippen LogP contribution in [0.3, 0.4) is 0 Å². The largest absolute Gasteiger partial charge is 0.619 e. The van der Waals surface area contributed by atoms with Gasteiger partial charge in [0, 0.05) is 11.5 Å². The zero-order valence-electron chi connectivity index (χ0n) is 16.5. The molecule has 4 rings (SSSR count). The summed E-state index contributed by atoms with van der Waals surface area (Å²) in [6, 6.07) is -1.54. The monoisotopic (exact) mass is 425 g/mol. The van der Waals surface area contributed by atoms with Crippen molar-refractivity contribution in [1.29, 1.82) is 0 Å². The van der Waals surface area contributed by atoms with Crippen LogP contribution in [0.4, 0.5) is 13.2 Å². The van der Waals surface area contributed by atoms with E-state index in [4.69, 9.17) is 0 Å². The molecule has 162 valence electrons. The lowest BCUT2D eigenvalue weighted by Gasteiger charge is -2.35. The van der Waals surface area contributed by atoms with Crippen LogP contribution in [0, 0.1) is 16.5 Å². The van der Waals surface area contributed by atoms with Gasteiger partial charge >= 0.3 is 6.18 Å². The molecule has 2 aromatic heterocycles. The Morgan fingerprint density at radius 3 is 2.83 bits per heavy atom. The maximum atomic E-state index is 13.4. The lowest BCUT2D eigenvalue weighted by molar-refractivity contribution is -0.605. The smallest absolute Gasteiger partial charge is 0.396 e. The number of alkyl halides is 3. The van der Waals surface area contributed by atoms with E-state index in [1.54, 1.807) is 0 Å². The number of aliphatic hydroxyl groups excluding tert-OH is 1. The molecule has 0 spiro atoms. The van der Waals surface area contributed by atoms with E-state index in [0.717, 1.165) is 32.4 Å². The Morgan fingerprint density at radius 2 is 2.20 bits per heavy atom. The predicted molar refractivity (Wildman–Crippen MR) is 97.7 cm³/mol. The molecule has 0 saturated heterocycles. The maximum absolute atomic E-state index is 13.4. The molecule has 0 aliphatic heterocycles. The Balaban J connectivity index is 1.71. The van der Waals surface area contributed by atoms with E-state index >= 15 is 0 Å². The molecule has 1 saturated carbocycles. The molecular formula is C19H22F3N5O3. The first-order valence-electron chi connectivity index (χ1n) is 9.70. The van der Waals surface area contributed by atoms with Crippen LogP contribution >= 0.6 is 0 Å². The highest BCUT2D eigenvalue weighted by Crippen LogP contribution is 2.55.